The van der Waals surface area contributed by atoms with Crippen molar-refractivity contribution in [2.45, 2.75) is 252 Å². The Kier molecular flexibility index (Phi) is 40.4. The van der Waals surface area contributed by atoms with E-state index < -0.39 is 6.10 Å². The van der Waals surface area contributed by atoms with Crippen molar-refractivity contribution < 1.29 is 28.6 Å². The van der Waals surface area contributed by atoms with Crippen molar-refractivity contribution in [3.8, 4) is 0 Å². The Morgan fingerprint density at radius 3 is 1.04 bits per heavy atom. The highest BCUT2D eigenvalue weighted by Crippen LogP contribution is 2.15. The van der Waals surface area contributed by atoms with Crippen LogP contribution in [0.5, 0.6) is 0 Å². The zero-order valence-corrected chi connectivity index (χ0v) is 34.8. The van der Waals surface area contributed by atoms with Gasteiger partial charge in [-0.25, -0.2) is 0 Å². The molecule has 0 aromatic rings. The summed E-state index contributed by atoms with van der Waals surface area (Å²) in [4.78, 5) is 37.6. The second-order valence-corrected chi connectivity index (χ2v) is 15.3. The van der Waals surface area contributed by atoms with E-state index in [1.807, 2.05) is 0 Å². The highest BCUT2D eigenvalue weighted by atomic mass is 16.6. The van der Waals surface area contributed by atoms with Crippen LogP contribution in [0.3, 0.4) is 0 Å². The number of ether oxygens (including phenoxy) is 3. The Labute approximate surface area is 322 Å². The van der Waals surface area contributed by atoms with Gasteiger partial charge in [-0.05, 0) is 38.5 Å². The van der Waals surface area contributed by atoms with Gasteiger partial charge in [-0.3, -0.25) is 14.4 Å². The molecule has 0 N–H and O–H groups in total. The van der Waals surface area contributed by atoms with Crippen molar-refractivity contribution in [3.63, 3.8) is 0 Å². The van der Waals surface area contributed by atoms with E-state index in [2.05, 4.69) is 32.9 Å². The zero-order chi connectivity index (χ0) is 38.0. The maximum atomic E-state index is 12.7. The largest absolute Gasteiger partial charge is 0.462 e. The van der Waals surface area contributed by atoms with Crippen molar-refractivity contribution in [2.75, 3.05) is 13.2 Å². The van der Waals surface area contributed by atoms with E-state index in [-0.39, 0.29) is 31.1 Å². The van der Waals surface area contributed by atoms with Crippen LogP contribution in [0.4, 0.5) is 0 Å². The van der Waals surface area contributed by atoms with Crippen LogP contribution in [0, 0.1) is 0 Å². The second-order valence-electron chi connectivity index (χ2n) is 15.3. The number of allylic oxidation sites excluding steroid dienone is 2. The summed E-state index contributed by atoms with van der Waals surface area (Å²) < 4.78 is 16.6. The summed E-state index contributed by atoms with van der Waals surface area (Å²) in [6.45, 7) is 6.58. The van der Waals surface area contributed by atoms with Crippen molar-refractivity contribution in [1.82, 2.24) is 0 Å². The molecule has 6 nitrogen and oxygen atoms in total. The van der Waals surface area contributed by atoms with Crippen molar-refractivity contribution in [3.05, 3.63) is 12.2 Å². The van der Waals surface area contributed by atoms with Crippen LogP contribution < -0.4 is 0 Å². The Hall–Kier alpha value is -1.85. The Bertz CT molecular complexity index is 809. The molecule has 0 spiro atoms. The molecular weight excluding hydrogens is 649 g/mol. The SMILES string of the molecule is CCCCCC/C=C\CCCC(=O)OCC(COC(=O)CCCCCCCCCCCCCCCCC)OC(=O)CCCCCCCCCCCC. The fourth-order valence-electron chi connectivity index (χ4n) is 6.56. The third kappa shape index (κ3) is 39.4. The van der Waals surface area contributed by atoms with E-state index >= 15 is 0 Å². The first-order valence-corrected chi connectivity index (χ1v) is 22.7. The van der Waals surface area contributed by atoms with Crippen LogP contribution in [0.1, 0.15) is 245 Å². The number of hydrogen-bond donors (Lipinski definition) is 0. The molecule has 0 saturated heterocycles. The third-order valence-corrected chi connectivity index (χ3v) is 10.0. The Morgan fingerprint density at radius 2 is 0.654 bits per heavy atom. The molecule has 6 heteroatoms. The first-order chi connectivity index (χ1) is 25.5. The van der Waals surface area contributed by atoms with E-state index in [0.717, 1.165) is 57.8 Å². The lowest BCUT2D eigenvalue weighted by molar-refractivity contribution is -0.167. The molecule has 52 heavy (non-hydrogen) atoms. The van der Waals surface area contributed by atoms with Gasteiger partial charge in [-0.1, -0.05) is 200 Å². The van der Waals surface area contributed by atoms with Gasteiger partial charge in [0, 0.05) is 19.3 Å². The first kappa shape index (κ1) is 50.1. The summed E-state index contributed by atoms with van der Waals surface area (Å²) in [6.07, 6.45) is 43.5. The lowest BCUT2D eigenvalue weighted by Crippen LogP contribution is -2.30. The van der Waals surface area contributed by atoms with Crippen LogP contribution in [-0.2, 0) is 28.6 Å². The summed E-state index contributed by atoms with van der Waals surface area (Å²) in [5, 5.41) is 0. The zero-order valence-electron chi connectivity index (χ0n) is 34.8. The minimum Gasteiger partial charge on any atom is -0.462 e. The molecule has 0 bridgehead atoms. The molecule has 0 fully saturated rings. The minimum absolute atomic E-state index is 0.0740. The normalized spacial score (nSPS) is 12.0. The van der Waals surface area contributed by atoms with Crippen molar-refractivity contribution in [2.24, 2.45) is 0 Å². The summed E-state index contributed by atoms with van der Waals surface area (Å²) in [7, 11) is 0. The highest BCUT2D eigenvalue weighted by molar-refractivity contribution is 5.71. The lowest BCUT2D eigenvalue weighted by atomic mass is 10.0. The average molecular weight is 735 g/mol. The van der Waals surface area contributed by atoms with E-state index in [0.29, 0.717) is 19.3 Å². The fraction of sp³-hybridized carbons (Fsp3) is 0.891. The predicted molar refractivity (Wildman–Crippen MR) is 220 cm³/mol. The van der Waals surface area contributed by atoms with E-state index in [1.165, 1.54) is 148 Å². The summed E-state index contributed by atoms with van der Waals surface area (Å²) >= 11 is 0. The summed E-state index contributed by atoms with van der Waals surface area (Å²) in [5.41, 5.74) is 0. The lowest BCUT2D eigenvalue weighted by Gasteiger charge is -2.18. The van der Waals surface area contributed by atoms with Gasteiger partial charge in [0.2, 0.25) is 0 Å². The van der Waals surface area contributed by atoms with Crippen molar-refractivity contribution in [1.29, 1.82) is 0 Å². The van der Waals surface area contributed by atoms with Gasteiger partial charge in [0.25, 0.3) is 0 Å². The van der Waals surface area contributed by atoms with Gasteiger partial charge in [0.1, 0.15) is 13.2 Å². The fourth-order valence-corrected chi connectivity index (χ4v) is 6.56. The van der Waals surface area contributed by atoms with Crippen LogP contribution in [0.15, 0.2) is 12.2 Å². The predicted octanol–water partition coefficient (Wildman–Crippen LogP) is 14.3. The first-order valence-electron chi connectivity index (χ1n) is 22.7. The Balaban J connectivity index is 4.30. The van der Waals surface area contributed by atoms with Gasteiger partial charge in [-0.15, -0.1) is 0 Å². The van der Waals surface area contributed by atoms with Gasteiger partial charge in [-0.2, -0.15) is 0 Å². The van der Waals surface area contributed by atoms with Crippen molar-refractivity contribution >= 4 is 17.9 Å². The standard InChI is InChI=1S/C46H86O6/c1-4-7-10-13-16-19-21-22-23-24-25-28-30-33-36-39-45(48)51-42-43(41-50-44(47)38-35-32-29-26-18-15-12-9-6-3)52-46(49)40-37-34-31-27-20-17-14-11-8-5-2/h26,29,43H,4-25,27-28,30-42H2,1-3H3/b29-26-. The molecule has 0 aromatic carbocycles. The van der Waals surface area contributed by atoms with E-state index in [9.17, 15) is 14.4 Å². The molecule has 0 heterocycles. The molecule has 1 atom stereocenters. The molecule has 0 aliphatic heterocycles. The molecule has 0 amide bonds. The molecule has 0 saturated carbocycles. The molecule has 306 valence electrons. The maximum Gasteiger partial charge on any atom is 0.306 e. The minimum atomic E-state index is -0.771. The third-order valence-electron chi connectivity index (χ3n) is 10.0. The van der Waals surface area contributed by atoms with Crippen LogP contribution in [0.2, 0.25) is 0 Å². The average Bonchev–Trinajstić information content (AvgIpc) is 3.14. The number of esters is 3. The maximum absolute atomic E-state index is 12.7. The van der Waals surface area contributed by atoms with Gasteiger partial charge in [0.15, 0.2) is 6.10 Å². The molecule has 0 radical (unpaired) electrons. The molecule has 0 aliphatic carbocycles. The molecule has 0 aliphatic rings. The summed E-state index contributed by atoms with van der Waals surface area (Å²) in [5.74, 6) is -0.905. The molecule has 0 aromatic heterocycles. The Morgan fingerprint density at radius 1 is 0.365 bits per heavy atom. The van der Waals surface area contributed by atoms with E-state index in [1.54, 1.807) is 0 Å². The quantitative estimate of drug-likeness (QED) is 0.0269. The molecular formula is C46H86O6. The number of unbranched alkanes of at least 4 members (excludes halogenated alkanes) is 28. The number of hydrogen-bond acceptors (Lipinski definition) is 6. The van der Waals surface area contributed by atoms with Crippen LogP contribution >= 0.6 is 0 Å². The topological polar surface area (TPSA) is 78.9 Å². The monoisotopic (exact) mass is 735 g/mol. The highest BCUT2D eigenvalue weighted by Gasteiger charge is 2.19. The number of rotatable bonds is 41. The molecule has 0 rings (SSSR count). The summed E-state index contributed by atoms with van der Waals surface area (Å²) in [6, 6.07) is 0. The van der Waals surface area contributed by atoms with Gasteiger partial charge in [0.05, 0.1) is 0 Å². The molecule has 1 unspecified atom stereocenters. The second kappa shape index (κ2) is 41.9. The smallest absolute Gasteiger partial charge is 0.306 e. The van der Waals surface area contributed by atoms with Crippen LogP contribution in [-0.4, -0.2) is 37.2 Å². The van der Waals surface area contributed by atoms with Gasteiger partial charge < -0.3 is 14.2 Å². The van der Waals surface area contributed by atoms with E-state index in [4.69, 9.17) is 14.2 Å². The van der Waals surface area contributed by atoms with Gasteiger partial charge >= 0.3 is 17.9 Å². The number of carbonyl (C=O) groups excluding carboxylic acids is 3. The number of carbonyl (C=O) groups is 3. The van der Waals surface area contributed by atoms with Crippen LogP contribution in [0.25, 0.3) is 0 Å².